The molecule has 0 spiro atoms. The van der Waals surface area contributed by atoms with Gasteiger partial charge in [-0.3, -0.25) is 4.57 Å². The fraction of sp³-hybridized carbons (Fsp3) is 0.103. The smallest absolute Gasteiger partial charge is 0.120 e. The molecule has 0 fully saturated rings. The Bertz CT molecular complexity index is 2100. The van der Waals surface area contributed by atoms with Crippen LogP contribution in [0.2, 0.25) is 0 Å². The molecule has 0 unspecified atom stereocenters. The largest absolute Gasteiger partial charge is 0.306 e. The number of fused-ring (bicyclic) bond motifs is 2. The molecule has 1 aliphatic rings. The Morgan fingerprint density at radius 2 is 1.12 bits per heavy atom. The standard InChI is InChI=1S/C39H31N3S/c1-39(2,3)38-40-36-30(26-18-20-28(21-19-26)35-25-24-34(43-35)27-12-6-4-7-13-27)22-23-33-37(36)42(38)32-17-11-10-16-31(32)41(33)29-14-8-5-9-15-29/h4-25H,1-3H3. The van der Waals surface area contributed by atoms with E-state index in [1.807, 2.05) is 11.3 Å². The number of rotatable bonds is 4. The molecule has 3 nitrogen and oxygen atoms in total. The molecular formula is C39H31N3S. The summed E-state index contributed by atoms with van der Waals surface area (Å²) >= 11 is 1.83. The first-order valence-corrected chi connectivity index (χ1v) is 15.6. The first-order valence-electron chi connectivity index (χ1n) is 14.7. The summed E-state index contributed by atoms with van der Waals surface area (Å²) < 4.78 is 2.40. The van der Waals surface area contributed by atoms with Gasteiger partial charge in [0.25, 0.3) is 0 Å². The van der Waals surface area contributed by atoms with Gasteiger partial charge in [-0.15, -0.1) is 11.3 Å². The Balaban J connectivity index is 1.29. The number of anilines is 3. The number of para-hydroxylation sites is 3. The lowest BCUT2D eigenvalue weighted by Gasteiger charge is -2.34. The summed E-state index contributed by atoms with van der Waals surface area (Å²) in [5.41, 5.74) is 11.5. The van der Waals surface area contributed by atoms with E-state index in [1.165, 1.54) is 26.4 Å². The van der Waals surface area contributed by atoms with Crippen molar-refractivity contribution in [2.24, 2.45) is 0 Å². The van der Waals surface area contributed by atoms with Crippen molar-refractivity contribution in [3.63, 3.8) is 0 Å². The molecule has 0 radical (unpaired) electrons. The topological polar surface area (TPSA) is 21.1 Å². The Morgan fingerprint density at radius 3 is 1.79 bits per heavy atom. The highest BCUT2D eigenvalue weighted by molar-refractivity contribution is 7.18. The lowest BCUT2D eigenvalue weighted by molar-refractivity contribution is 0.539. The van der Waals surface area contributed by atoms with E-state index < -0.39 is 0 Å². The third kappa shape index (κ3) is 4.21. The van der Waals surface area contributed by atoms with E-state index in [9.17, 15) is 0 Å². The molecule has 8 rings (SSSR count). The second kappa shape index (κ2) is 9.82. The predicted octanol–water partition coefficient (Wildman–Crippen LogP) is 11.2. The number of benzene rings is 5. The van der Waals surface area contributed by atoms with E-state index in [1.54, 1.807) is 0 Å². The first-order chi connectivity index (χ1) is 21.0. The summed E-state index contributed by atoms with van der Waals surface area (Å²) in [4.78, 5) is 10.3. The molecule has 1 aliphatic heterocycles. The second-order valence-electron chi connectivity index (χ2n) is 12.1. The molecule has 208 valence electrons. The van der Waals surface area contributed by atoms with Crippen molar-refractivity contribution in [1.29, 1.82) is 0 Å². The van der Waals surface area contributed by atoms with Crippen LogP contribution in [-0.2, 0) is 5.41 Å². The molecule has 0 bridgehead atoms. The van der Waals surface area contributed by atoms with Crippen LogP contribution in [0, 0.1) is 0 Å². The van der Waals surface area contributed by atoms with Crippen molar-refractivity contribution < 1.29 is 0 Å². The molecule has 0 saturated heterocycles. The lowest BCUT2D eigenvalue weighted by atomic mass is 9.95. The van der Waals surface area contributed by atoms with E-state index >= 15 is 0 Å². The number of nitrogens with zero attached hydrogens (tertiary/aromatic N) is 3. The van der Waals surface area contributed by atoms with Gasteiger partial charge < -0.3 is 4.90 Å². The van der Waals surface area contributed by atoms with Crippen LogP contribution < -0.4 is 4.90 Å². The van der Waals surface area contributed by atoms with Gasteiger partial charge in [0.05, 0.1) is 28.1 Å². The highest BCUT2D eigenvalue weighted by Crippen LogP contribution is 2.50. The molecule has 43 heavy (non-hydrogen) atoms. The van der Waals surface area contributed by atoms with Gasteiger partial charge in [0.2, 0.25) is 0 Å². The second-order valence-corrected chi connectivity index (χ2v) is 13.2. The van der Waals surface area contributed by atoms with Crippen LogP contribution in [0.25, 0.3) is 48.7 Å². The van der Waals surface area contributed by atoms with Gasteiger partial charge in [-0.1, -0.05) is 106 Å². The van der Waals surface area contributed by atoms with Gasteiger partial charge in [0, 0.05) is 26.4 Å². The van der Waals surface area contributed by atoms with Crippen molar-refractivity contribution in [3.8, 4) is 37.7 Å². The van der Waals surface area contributed by atoms with Gasteiger partial charge in [-0.25, -0.2) is 4.98 Å². The van der Waals surface area contributed by atoms with Crippen LogP contribution in [0.5, 0.6) is 0 Å². The van der Waals surface area contributed by atoms with Crippen molar-refractivity contribution in [1.82, 2.24) is 9.55 Å². The monoisotopic (exact) mass is 573 g/mol. The van der Waals surface area contributed by atoms with E-state index in [-0.39, 0.29) is 5.41 Å². The van der Waals surface area contributed by atoms with E-state index in [0.29, 0.717) is 0 Å². The lowest BCUT2D eigenvalue weighted by Crippen LogP contribution is -2.23. The molecule has 0 atom stereocenters. The van der Waals surface area contributed by atoms with Crippen molar-refractivity contribution >= 4 is 39.4 Å². The van der Waals surface area contributed by atoms with Crippen LogP contribution in [0.4, 0.5) is 17.1 Å². The highest BCUT2D eigenvalue weighted by Gasteiger charge is 2.33. The Labute approximate surface area is 256 Å². The van der Waals surface area contributed by atoms with Gasteiger partial charge in [-0.2, -0.15) is 0 Å². The highest BCUT2D eigenvalue weighted by atomic mass is 32.1. The molecule has 5 aromatic carbocycles. The number of thiophene rings is 1. The molecular weight excluding hydrogens is 543 g/mol. The molecule has 0 saturated carbocycles. The third-order valence-corrected chi connectivity index (χ3v) is 9.40. The summed E-state index contributed by atoms with van der Waals surface area (Å²) in [6.07, 6.45) is 0. The third-order valence-electron chi connectivity index (χ3n) is 8.22. The molecule has 7 aromatic rings. The SMILES string of the molecule is CC(C)(C)c1nc2c(-c3ccc(-c4ccc(-c5ccccc5)s4)cc3)ccc3c2n1-c1ccccc1N3c1ccccc1. The van der Waals surface area contributed by atoms with E-state index in [4.69, 9.17) is 4.98 Å². The maximum absolute atomic E-state index is 5.41. The average Bonchev–Trinajstić information content (AvgIpc) is 3.70. The molecule has 3 heterocycles. The van der Waals surface area contributed by atoms with Gasteiger partial charge >= 0.3 is 0 Å². The average molecular weight is 574 g/mol. The predicted molar refractivity (Wildman–Crippen MR) is 182 cm³/mol. The van der Waals surface area contributed by atoms with Crippen molar-refractivity contribution in [3.05, 3.63) is 139 Å². The van der Waals surface area contributed by atoms with Crippen molar-refractivity contribution in [2.75, 3.05) is 4.90 Å². The Morgan fingerprint density at radius 1 is 0.535 bits per heavy atom. The molecule has 0 N–H and O–H groups in total. The zero-order valence-electron chi connectivity index (χ0n) is 24.5. The van der Waals surface area contributed by atoms with Crippen LogP contribution >= 0.6 is 11.3 Å². The van der Waals surface area contributed by atoms with E-state index in [0.717, 1.165) is 45.2 Å². The fourth-order valence-electron chi connectivity index (χ4n) is 6.21. The van der Waals surface area contributed by atoms with Crippen LogP contribution in [0.15, 0.2) is 133 Å². The van der Waals surface area contributed by atoms with E-state index in [2.05, 4.69) is 164 Å². The first kappa shape index (κ1) is 25.8. The van der Waals surface area contributed by atoms with Crippen LogP contribution in [0.3, 0.4) is 0 Å². The Kier molecular flexibility index (Phi) is 5.88. The summed E-state index contributed by atoms with van der Waals surface area (Å²) in [6, 6.07) is 47.9. The maximum Gasteiger partial charge on any atom is 0.120 e. The van der Waals surface area contributed by atoms with Crippen LogP contribution in [-0.4, -0.2) is 9.55 Å². The number of aromatic nitrogens is 2. The number of imidazole rings is 1. The zero-order chi connectivity index (χ0) is 29.1. The normalized spacial score (nSPS) is 12.5. The van der Waals surface area contributed by atoms with Gasteiger partial charge in [0.1, 0.15) is 5.82 Å². The molecule has 2 aromatic heterocycles. The molecule has 0 aliphatic carbocycles. The molecule has 4 heteroatoms. The minimum Gasteiger partial charge on any atom is -0.306 e. The summed E-state index contributed by atoms with van der Waals surface area (Å²) in [7, 11) is 0. The maximum atomic E-state index is 5.41. The summed E-state index contributed by atoms with van der Waals surface area (Å²) in [5.74, 6) is 1.07. The van der Waals surface area contributed by atoms with Gasteiger partial charge in [-0.05, 0) is 65.2 Å². The number of hydrogen-bond donors (Lipinski definition) is 0. The molecule has 0 amide bonds. The van der Waals surface area contributed by atoms with Gasteiger partial charge in [0.15, 0.2) is 0 Å². The summed E-state index contributed by atoms with van der Waals surface area (Å²) in [6.45, 7) is 6.76. The minimum absolute atomic E-state index is 0.144. The summed E-state index contributed by atoms with van der Waals surface area (Å²) in [5, 5.41) is 0. The van der Waals surface area contributed by atoms with Crippen LogP contribution in [0.1, 0.15) is 26.6 Å². The Hall–Kier alpha value is -4.93. The van der Waals surface area contributed by atoms with Crippen molar-refractivity contribution in [2.45, 2.75) is 26.2 Å². The number of hydrogen-bond acceptors (Lipinski definition) is 3. The quantitative estimate of drug-likeness (QED) is 0.209. The minimum atomic E-state index is -0.144. The zero-order valence-corrected chi connectivity index (χ0v) is 25.3. The fourth-order valence-corrected chi connectivity index (χ4v) is 7.22.